The molecule has 1 aromatic carbocycles. The maximum atomic E-state index is 13.5. The van der Waals surface area contributed by atoms with Crippen LogP contribution < -0.4 is 5.43 Å². The average molecular weight is 381 g/mol. The second-order valence-electron chi connectivity index (χ2n) is 8.85. The molecule has 0 radical (unpaired) electrons. The predicted octanol–water partition coefficient (Wildman–Crippen LogP) is 3.19. The van der Waals surface area contributed by atoms with E-state index in [-0.39, 0.29) is 11.2 Å². The molecule has 0 amide bonds. The van der Waals surface area contributed by atoms with E-state index in [0.717, 1.165) is 35.8 Å². The largest absolute Gasteiger partial charge is 0.363 e. The van der Waals surface area contributed by atoms with Crippen LogP contribution in [0.1, 0.15) is 41.1 Å². The van der Waals surface area contributed by atoms with Crippen molar-refractivity contribution in [2.24, 2.45) is 5.92 Å². The fourth-order valence-corrected chi connectivity index (χ4v) is 5.89. The molecule has 28 heavy (non-hydrogen) atoms. The van der Waals surface area contributed by atoms with Crippen molar-refractivity contribution in [3.8, 4) is 0 Å². The van der Waals surface area contributed by atoms with Crippen molar-refractivity contribution in [1.82, 2.24) is 14.8 Å². The number of benzene rings is 1. The van der Waals surface area contributed by atoms with E-state index < -0.39 is 0 Å². The Morgan fingerprint density at radius 1 is 1.11 bits per heavy atom. The molecule has 1 N–H and O–H groups in total. The molecular formula is C23H28FN3O. The number of aromatic nitrogens is 1. The van der Waals surface area contributed by atoms with E-state index in [4.69, 9.17) is 0 Å². The number of nitrogens with zero attached hydrogens (tertiary/aromatic N) is 2. The molecule has 2 bridgehead atoms. The molecule has 5 heterocycles. The van der Waals surface area contributed by atoms with Crippen molar-refractivity contribution >= 4 is 0 Å². The van der Waals surface area contributed by atoms with Gasteiger partial charge in [0.25, 0.3) is 0 Å². The Bertz CT molecular complexity index is 930. The van der Waals surface area contributed by atoms with Crippen LogP contribution in [-0.4, -0.2) is 46.5 Å². The Hall–Kier alpha value is -1.98. The Morgan fingerprint density at radius 2 is 1.82 bits per heavy atom. The molecule has 0 aliphatic carbocycles. The van der Waals surface area contributed by atoms with E-state index >= 15 is 0 Å². The molecule has 4 aliphatic rings. The maximum Gasteiger partial charge on any atom is 0.187 e. The zero-order valence-electron chi connectivity index (χ0n) is 16.6. The van der Waals surface area contributed by atoms with E-state index in [1.54, 1.807) is 12.1 Å². The number of halogens is 1. The molecule has 0 saturated carbocycles. The number of likely N-dealkylation sites (tertiary alicyclic amines) is 1. The summed E-state index contributed by atoms with van der Waals surface area (Å²) >= 11 is 0. The van der Waals surface area contributed by atoms with Gasteiger partial charge in [-0.1, -0.05) is 12.1 Å². The molecule has 148 valence electrons. The van der Waals surface area contributed by atoms with E-state index in [1.807, 2.05) is 32.2 Å². The molecular weight excluding hydrogens is 353 g/mol. The predicted molar refractivity (Wildman–Crippen MR) is 108 cm³/mol. The summed E-state index contributed by atoms with van der Waals surface area (Å²) in [6, 6.07) is 8.11. The third-order valence-electron chi connectivity index (χ3n) is 7.37. The van der Waals surface area contributed by atoms with Crippen LogP contribution in [0.4, 0.5) is 4.39 Å². The van der Waals surface area contributed by atoms with Gasteiger partial charge in [0.05, 0.1) is 0 Å². The van der Waals surface area contributed by atoms with Gasteiger partial charge in [-0.3, -0.25) is 14.6 Å². The van der Waals surface area contributed by atoms with E-state index in [2.05, 4.69) is 14.8 Å². The number of rotatable bonds is 3. The topological polar surface area (TPSA) is 39.3 Å². The Kier molecular flexibility index (Phi) is 4.40. The van der Waals surface area contributed by atoms with Gasteiger partial charge in [0.2, 0.25) is 0 Å². The number of hydrogen-bond acceptors (Lipinski definition) is 3. The van der Waals surface area contributed by atoms with Crippen molar-refractivity contribution in [3.05, 3.63) is 68.9 Å². The van der Waals surface area contributed by atoms with Crippen LogP contribution >= 0.6 is 0 Å². The number of hydrogen-bond donors (Lipinski definition) is 1. The normalized spacial score (nSPS) is 31.9. The lowest BCUT2D eigenvalue weighted by atomic mass is 9.75. The van der Waals surface area contributed by atoms with E-state index in [9.17, 15) is 9.18 Å². The smallest absolute Gasteiger partial charge is 0.187 e. The number of aryl methyl sites for hydroxylation is 1. The van der Waals surface area contributed by atoms with Gasteiger partial charge >= 0.3 is 0 Å². The van der Waals surface area contributed by atoms with Crippen LogP contribution in [0.15, 0.2) is 35.3 Å². The van der Waals surface area contributed by atoms with E-state index in [0.29, 0.717) is 18.0 Å². The third-order valence-corrected chi connectivity index (χ3v) is 7.37. The number of H-pyrrole nitrogens is 1. The maximum absolute atomic E-state index is 13.5. The molecule has 0 spiro atoms. The number of nitrogens with one attached hydrogen (secondary N) is 1. The second kappa shape index (κ2) is 6.82. The van der Waals surface area contributed by atoms with Crippen LogP contribution in [-0.2, 0) is 6.54 Å². The van der Waals surface area contributed by atoms with Gasteiger partial charge in [-0.2, -0.15) is 0 Å². The van der Waals surface area contributed by atoms with E-state index in [1.165, 1.54) is 31.5 Å². The van der Waals surface area contributed by atoms with Gasteiger partial charge in [0, 0.05) is 54.1 Å². The van der Waals surface area contributed by atoms with Crippen molar-refractivity contribution in [1.29, 1.82) is 0 Å². The molecule has 1 aromatic heterocycles. The number of aromatic amines is 1. The van der Waals surface area contributed by atoms with Gasteiger partial charge in [0.15, 0.2) is 5.43 Å². The summed E-state index contributed by atoms with van der Waals surface area (Å²) in [5, 5.41) is 0. The zero-order valence-corrected chi connectivity index (χ0v) is 16.6. The van der Waals surface area contributed by atoms with Gasteiger partial charge < -0.3 is 4.98 Å². The average Bonchev–Trinajstić information content (AvgIpc) is 3.11. The minimum Gasteiger partial charge on any atom is -0.363 e. The van der Waals surface area contributed by atoms with Crippen molar-refractivity contribution < 1.29 is 4.39 Å². The summed E-state index contributed by atoms with van der Waals surface area (Å²) in [6.07, 6.45) is 4.36. The van der Waals surface area contributed by atoms with Crippen molar-refractivity contribution in [3.63, 3.8) is 0 Å². The lowest BCUT2D eigenvalue weighted by Crippen LogP contribution is -2.60. The molecule has 4 saturated heterocycles. The molecule has 4 aliphatic heterocycles. The first-order valence-corrected chi connectivity index (χ1v) is 10.4. The minimum absolute atomic E-state index is 0.147. The fourth-order valence-electron chi connectivity index (χ4n) is 5.89. The first kappa shape index (κ1) is 18.1. The minimum atomic E-state index is -0.173. The highest BCUT2D eigenvalue weighted by Gasteiger charge is 2.53. The first-order chi connectivity index (χ1) is 13.5. The Balaban J connectivity index is 1.49. The quantitative estimate of drug-likeness (QED) is 0.888. The number of pyridine rings is 1. The summed E-state index contributed by atoms with van der Waals surface area (Å²) in [7, 11) is 0. The van der Waals surface area contributed by atoms with Crippen LogP contribution in [0.5, 0.6) is 0 Å². The summed E-state index contributed by atoms with van der Waals surface area (Å²) in [5.74, 6) is 0.942. The van der Waals surface area contributed by atoms with Crippen molar-refractivity contribution in [2.75, 3.05) is 19.6 Å². The molecule has 3 atom stereocenters. The highest BCUT2D eigenvalue weighted by molar-refractivity contribution is 5.29. The Morgan fingerprint density at radius 3 is 2.54 bits per heavy atom. The van der Waals surface area contributed by atoms with Crippen LogP contribution in [0.3, 0.4) is 0 Å². The van der Waals surface area contributed by atoms with Gasteiger partial charge in [-0.15, -0.1) is 0 Å². The fraction of sp³-hybridized carbons (Fsp3) is 0.522. The second-order valence-corrected chi connectivity index (χ2v) is 8.85. The zero-order chi connectivity index (χ0) is 19.4. The highest BCUT2D eigenvalue weighted by atomic mass is 19.1. The van der Waals surface area contributed by atoms with Gasteiger partial charge in [-0.05, 0) is 63.4 Å². The number of fused-ring (bicyclic) bond motifs is 2. The summed E-state index contributed by atoms with van der Waals surface area (Å²) in [5.41, 5.74) is 4.02. The Labute approximate surface area is 165 Å². The van der Waals surface area contributed by atoms with Gasteiger partial charge in [-0.25, -0.2) is 4.39 Å². The molecule has 4 fully saturated rings. The van der Waals surface area contributed by atoms with Crippen LogP contribution in [0.2, 0.25) is 0 Å². The molecule has 0 unspecified atom stereocenters. The first-order valence-electron chi connectivity index (χ1n) is 10.4. The van der Waals surface area contributed by atoms with Crippen LogP contribution in [0, 0.1) is 25.6 Å². The third kappa shape index (κ3) is 2.83. The highest BCUT2D eigenvalue weighted by Crippen LogP contribution is 2.46. The SMILES string of the molecule is Cc1c[nH]c(CN2C[C@H](c3ccc(F)cc3)[C@@H]3[C@H]2C2CCN3CC2)c(C)c1=O. The lowest BCUT2D eigenvalue weighted by Gasteiger charge is -2.51. The molecule has 6 rings (SSSR count). The van der Waals surface area contributed by atoms with Gasteiger partial charge in [0.1, 0.15) is 5.82 Å². The number of piperidine rings is 3. The molecule has 4 nitrogen and oxygen atoms in total. The summed E-state index contributed by atoms with van der Waals surface area (Å²) in [4.78, 5) is 21.0. The van der Waals surface area contributed by atoms with Crippen LogP contribution in [0.25, 0.3) is 0 Å². The molecule has 5 heteroatoms. The monoisotopic (exact) mass is 381 g/mol. The standard InChI is InChI=1S/C23H28FN3O/c1-14-11-25-20(15(2)23(14)28)13-27-12-19(16-3-5-18(24)6-4-16)22-21(27)17-7-9-26(22)10-8-17/h3-6,11,17,19,21-22H,7-10,12-13H2,1-2H3,(H,25,28)/t19-,21-,22-/m1/s1. The lowest BCUT2D eigenvalue weighted by molar-refractivity contribution is -0.00903. The van der Waals surface area contributed by atoms with Crippen molar-refractivity contribution in [2.45, 2.75) is 51.2 Å². The summed E-state index contributed by atoms with van der Waals surface area (Å²) in [6.45, 7) is 7.89. The molecule has 2 aromatic rings. The summed E-state index contributed by atoms with van der Waals surface area (Å²) < 4.78 is 13.5.